The van der Waals surface area contributed by atoms with Crippen LogP contribution in [-0.4, -0.2) is 19.1 Å². The first-order chi connectivity index (χ1) is 9.20. The Kier molecular flexibility index (Phi) is 4.68. The van der Waals surface area contributed by atoms with Gasteiger partial charge in [0.15, 0.2) is 0 Å². The fourth-order valence-corrected chi connectivity index (χ4v) is 2.30. The van der Waals surface area contributed by atoms with Crippen LogP contribution in [0.2, 0.25) is 0 Å². The van der Waals surface area contributed by atoms with E-state index in [1.807, 2.05) is 6.08 Å². The normalized spacial score (nSPS) is 22.2. The van der Waals surface area contributed by atoms with E-state index in [0.29, 0.717) is 6.54 Å². The maximum atomic E-state index is 12.8. The van der Waals surface area contributed by atoms with Gasteiger partial charge in [-0.15, -0.1) is 0 Å². The smallest absolute Gasteiger partial charge is 0.310 e. The summed E-state index contributed by atoms with van der Waals surface area (Å²) in [6.07, 6.45) is 5.77. The summed E-state index contributed by atoms with van der Waals surface area (Å²) in [6, 6.07) is 6.33. The van der Waals surface area contributed by atoms with Gasteiger partial charge in [-0.25, -0.2) is 4.39 Å². The zero-order chi connectivity index (χ0) is 13.7. The summed E-state index contributed by atoms with van der Waals surface area (Å²) in [5, 5.41) is 3.31. The van der Waals surface area contributed by atoms with Crippen molar-refractivity contribution in [3.63, 3.8) is 0 Å². The van der Waals surface area contributed by atoms with Gasteiger partial charge in [-0.3, -0.25) is 4.79 Å². The summed E-state index contributed by atoms with van der Waals surface area (Å²) in [7, 11) is 1.41. The highest BCUT2D eigenvalue weighted by Gasteiger charge is 2.28. The Morgan fingerprint density at radius 2 is 2.16 bits per heavy atom. The molecule has 19 heavy (non-hydrogen) atoms. The summed E-state index contributed by atoms with van der Waals surface area (Å²) >= 11 is 0. The van der Waals surface area contributed by atoms with Crippen molar-refractivity contribution in [1.29, 1.82) is 0 Å². The summed E-state index contributed by atoms with van der Waals surface area (Å²) in [6.45, 7) is 0.600. The number of carbonyl (C=O) groups is 1. The Hall–Kier alpha value is -1.68. The lowest BCUT2D eigenvalue weighted by molar-refractivity contribution is -0.146. The van der Waals surface area contributed by atoms with E-state index in [1.165, 1.54) is 19.2 Å². The van der Waals surface area contributed by atoms with Crippen molar-refractivity contribution in [2.75, 3.05) is 7.11 Å². The van der Waals surface area contributed by atoms with Crippen molar-refractivity contribution in [2.24, 2.45) is 5.92 Å². The van der Waals surface area contributed by atoms with E-state index in [4.69, 9.17) is 4.74 Å². The number of hydrogen-bond acceptors (Lipinski definition) is 3. The lowest BCUT2D eigenvalue weighted by Crippen LogP contribution is -2.40. The highest BCUT2D eigenvalue weighted by molar-refractivity contribution is 5.73. The van der Waals surface area contributed by atoms with E-state index in [-0.39, 0.29) is 23.7 Å². The van der Waals surface area contributed by atoms with Gasteiger partial charge in [0.1, 0.15) is 5.82 Å². The Morgan fingerprint density at radius 1 is 1.42 bits per heavy atom. The first-order valence-corrected chi connectivity index (χ1v) is 6.43. The molecule has 2 atom stereocenters. The van der Waals surface area contributed by atoms with Gasteiger partial charge in [-0.2, -0.15) is 0 Å². The maximum absolute atomic E-state index is 12.8. The molecule has 0 saturated carbocycles. The minimum absolute atomic E-state index is 0.0220. The van der Waals surface area contributed by atoms with Crippen LogP contribution in [0.15, 0.2) is 36.4 Å². The predicted molar refractivity (Wildman–Crippen MR) is 70.9 cm³/mol. The Morgan fingerprint density at radius 3 is 2.84 bits per heavy atom. The first-order valence-electron chi connectivity index (χ1n) is 6.43. The summed E-state index contributed by atoms with van der Waals surface area (Å²) in [5.74, 6) is -0.565. The third-order valence-corrected chi connectivity index (χ3v) is 3.38. The van der Waals surface area contributed by atoms with E-state index in [0.717, 1.165) is 18.4 Å². The van der Waals surface area contributed by atoms with Crippen molar-refractivity contribution >= 4 is 5.97 Å². The van der Waals surface area contributed by atoms with Gasteiger partial charge in [-0.1, -0.05) is 24.3 Å². The number of methoxy groups -OCH3 is 1. The number of allylic oxidation sites excluding steroid dienone is 1. The van der Waals surface area contributed by atoms with Crippen LogP contribution in [0.4, 0.5) is 4.39 Å². The third-order valence-electron chi connectivity index (χ3n) is 3.38. The quantitative estimate of drug-likeness (QED) is 0.669. The Balaban J connectivity index is 1.96. The molecule has 0 unspecified atom stereocenters. The van der Waals surface area contributed by atoms with Gasteiger partial charge in [0.25, 0.3) is 0 Å². The molecule has 0 aromatic heterocycles. The molecule has 0 fully saturated rings. The SMILES string of the molecule is COC(=O)[C@@H]1CCC=C[C@@H]1NCc1ccc(F)cc1. The number of hydrogen-bond donors (Lipinski definition) is 1. The first kappa shape index (κ1) is 13.7. The largest absolute Gasteiger partial charge is 0.469 e. The molecule has 4 heteroatoms. The molecule has 1 aromatic rings. The Bertz CT molecular complexity index is 456. The molecule has 1 N–H and O–H groups in total. The molecule has 1 aliphatic rings. The van der Waals surface area contributed by atoms with Gasteiger partial charge >= 0.3 is 5.97 Å². The molecule has 3 nitrogen and oxygen atoms in total. The predicted octanol–water partition coefficient (Wildman–Crippen LogP) is 2.42. The minimum Gasteiger partial charge on any atom is -0.469 e. The van der Waals surface area contributed by atoms with E-state index in [1.54, 1.807) is 12.1 Å². The molecule has 0 spiro atoms. The molecular formula is C15H18FNO2. The van der Waals surface area contributed by atoms with Crippen molar-refractivity contribution in [3.05, 3.63) is 47.8 Å². The number of nitrogens with one attached hydrogen (secondary N) is 1. The molecule has 0 saturated heterocycles. The number of esters is 1. The van der Waals surface area contributed by atoms with Gasteiger partial charge in [-0.05, 0) is 30.5 Å². The molecule has 1 aliphatic carbocycles. The molecule has 0 radical (unpaired) electrons. The zero-order valence-electron chi connectivity index (χ0n) is 10.9. The minimum atomic E-state index is -0.242. The second-order valence-electron chi connectivity index (χ2n) is 4.67. The summed E-state index contributed by atoms with van der Waals surface area (Å²) in [4.78, 5) is 11.7. The molecule has 0 amide bonds. The zero-order valence-corrected chi connectivity index (χ0v) is 10.9. The van der Waals surface area contributed by atoms with Crippen molar-refractivity contribution in [2.45, 2.75) is 25.4 Å². The fraction of sp³-hybridized carbons (Fsp3) is 0.400. The number of carbonyl (C=O) groups excluding carboxylic acids is 1. The second-order valence-corrected chi connectivity index (χ2v) is 4.67. The van der Waals surface area contributed by atoms with Crippen LogP contribution in [0.3, 0.4) is 0 Å². The number of benzene rings is 1. The van der Waals surface area contributed by atoms with Crippen molar-refractivity contribution in [3.8, 4) is 0 Å². The average molecular weight is 263 g/mol. The maximum Gasteiger partial charge on any atom is 0.310 e. The van der Waals surface area contributed by atoms with Gasteiger partial charge in [0.05, 0.1) is 13.0 Å². The van der Waals surface area contributed by atoms with E-state index in [9.17, 15) is 9.18 Å². The van der Waals surface area contributed by atoms with Crippen LogP contribution < -0.4 is 5.32 Å². The van der Waals surface area contributed by atoms with Crippen LogP contribution in [-0.2, 0) is 16.1 Å². The number of ether oxygens (including phenoxy) is 1. The van der Waals surface area contributed by atoms with Crippen LogP contribution in [0.1, 0.15) is 18.4 Å². The summed E-state index contributed by atoms with van der Waals surface area (Å²) in [5.41, 5.74) is 0.990. The molecule has 102 valence electrons. The van der Waals surface area contributed by atoms with Crippen molar-refractivity contribution < 1.29 is 13.9 Å². The van der Waals surface area contributed by atoms with Crippen LogP contribution in [0.25, 0.3) is 0 Å². The molecule has 0 bridgehead atoms. The van der Waals surface area contributed by atoms with E-state index in [2.05, 4.69) is 11.4 Å². The third kappa shape index (κ3) is 3.64. The van der Waals surface area contributed by atoms with Gasteiger partial charge in [0, 0.05) is 12.6 Å². The monoisotopic (exact) mass is 263 g/mol. The molecule has 2 rings (SSSR count). The van der Waals surface area contributed by atoms with E-state index < -0.39 is 0 Å². The van der Waals surface area contributed by atoms with Crippen LogP contribution in [0, 0.1) is 11.7 Å². The lowest BCUT2D eigenvalue weighted by atomic mass is 9.89. The fourth-order valence-electron chi connectivity index (χ4n) is 2.30. The molecular weight excluding hydrogens is 245 g/mol. The van der Waals surface area contributed by atoms with Gasteiger partial charge < -0.3 is 10.1 Å². The molecule has 0 heterocycles. The number of halogens is 1. The highest BCUT2D eigenvalue weighted by atomic mass is 19.1. The summed E-state index contributed by atoms with van der Waals surface area (Å²) < 4.78 is 17.6. The van der Waals surface area contributed by atoms with Crippen LogP contribution in [0.5, 0.6) is 0 Å². The Labute approximate surface area is 112 Å². The van der Waals surface area contributed by atoms with Crippen LogP contribution >= 0.6 is 0 Å². The topological polar surface area (TPSA) is 38.3 Å². The highest BCUT2D eigenvalue weighted by Crippen LogP contribution is 2.20. The second kappa shape index (κ2) is 6.48. The molecule has 0 aliphatic heterocycles. The van der Waals surface area contributed by atoms with Crippen molar-refractivity contribution in [1.82, 2.24) is 5.32 Å². The number of rotatable bonds is 4. The van der Waals surface area contributed by atoms with Gasteiger partial charge in [0.2, 0.25) is 0 Å². The average Bonchev–Trinajstić information content (AvgIpc) is 2.46. The lowest BCUT2D eigenvalue weighted by Gasteiger charge is -2.26. The molecule has 1 aromatic carbocycles. The van der Waals surface area contributed by atoms with E-state index >= 15 is 0 Å². The standard InChI is InChI=1S/C15H18FNO2/c1-19-15(18)13-4-2-3-5-14(13)17-10-11-6-8-12(16)9-7-11/h3,5-9,13-14,17H,2,4,10H2,1H3/t13-,14+/m1/s1.